The van der Waals surface area contributed by atoms with Gasteiger partial charge in [0.25, 0.3) is 0 Å². The van der Waals surface area contributed by atoms with Crippen molar-refractivity contribution >= 4 is 38.1 Å². The van der Waals surface area contributed by atoms with E-state index in [4.69, 9.17) is 14.2 Å². The third-order valence-electron chi connectivity index (χ3n) is 13.5. The second-order valence-corrected chi connectivity index (χ2v) is 20.9. The van der Waals surface area contributed by atoms with Crippen molar-refractivity contribution in [2.45, 2.75) is 81.3 Å². The number of benzene rings is 5. The fraction of sp³-hybridized carbons (Fsp3) is 0.364. The number of Topliss-reactive ketones (excluding diaryl/α,β-unsaturated/α-hetero) is 1. The fourth-order valence-electron chi connectivity index (χ4n) is 10.00. The van der Waals surface area contributed by atoms with Crippen molar-refractivity contribution in [1.82, 2.24) is 15.6 Å². The van der Waals surface area contributed by atoms with E-state index in [9.17, 15) is 25.5 Å². The number of aliphatic hydroxyl groups excluding tert-OH is 2. The standard InChI is InChI=1S/C55H62N3O9S2/c1-5-36-10-11-37-8-6-7-9-43(37)44(36)25-45-38(12-14-46(61)52(45)65-4)23-40(20-34-17-19-57-29-34)47(62)26-50(63)55(41-21-35(28-56-3)22-42(60)24-41)18-16-49-51-39(27-55)13-15-48(67-33-59)53(51)66-32-58-30-54(2,64)31-68-69-49/h6-19,21-22,24,29,40,47,49,56,58-62,64H,5,20,23,25-28,30-33H2,1-4H3/q-1. The van der Waals surface area contributed by atoms with Gasteiger partial charge in [-0.1, -0.05) is 107 Å². The Morgan fingerprint density at radius 1 is 1.01 bits per heavy atom. The van der Waals surface area contributed by atoms with Crippen LogP contribution >= 0.6 is 21.6 Å². The quantitative estimate of drug-likeness (QED) is 0.0265. The Labute approximate surface area is 411 Å². The number of phenolic OH excluding ortho intramolecular Hbond substituents is 2. The van der Waals surface area contributed by atoms with Crippen molar-refractivity contribution in [1.29, 1.82) is 0 Å². The van der Waals surface area contributed by atoms with E-state index in [1.807, 2.05) is 55.6 Å². The number of ketones is 1. The lowest BCUT2D eigenvalue weighted by molar-refractivity contribution is -0.125. The molecule has 364 valence electrons. The van der Waals surface area contributed by atoms with Crippen LogP contribution in [0.5, 0.6) is 28.7 Å². The Morgan fingerprint density at radius 2 is 1.84 bits per heavy atom. The van der Waals surface area contributed by atoms with E-state index in [0.29, 0.717) is 54.4 Å². The average Bonchev–Trinajstić information content (AvgIpc) is 3.78. The van der Waals surface area contributed by atoms with Gasteiger partial charge in [-0.2, -0.15) is 12.4 Å². The zero-order chi connectivity index (χ0) is 48.7. The van der Waals surface area contributed by atoms with Gasteiger partial charge < -0.3 is 50.0 Å². The first-order chi connectivity index (χ1) is 33.4. The van der Waals surface area contributed by atoms with E-state index in [0.717, 1.165) is 56.1 Å². The van der Waals surface area contributed by atoms with Crippen LogP contribution in [0.1, 0.15) is 75.6 Å². The summed E-state index contributed by atoms with van der Waals surface area (Å²) in [5.74, 6) is 0.794. The van der Waals surface area contributed by atoms with Crippen LogP contribution in [0.4, 0.5) is 0 Å². The molecule has 0 saturated heterocycles. The Bertz CT molecular complexity index is 2780. The van der Waals surface area contributed by atoms with Crippen molar-refractivity contribution in [3.8, 4) is 28.7 Å². The third kappa shape index (κ3) is 11.1. The summed E-state index contributed by atoms with van der Waals surface area (Å²) < 4.78 is 18.0. The Kier molecular flexibility index (Phi) is 16.0. The van der Waals surface area contributed by atoms with Crippen LogP contribution in [-0.2, 0) is 48.9 Å². The van der Waals surface area contributed by atoms with E-state index < -0.39 is 35.1 Å². The van der Waals surface area contributed by atoms with Crippen LogP contribution in [-0.4, -0.2) is 83.0 Å². The number of aromatic nitrogens is 1. The van der Waals surface area contributed by atoms with Crippen LogP contribution in [0.25, 0.3) is 10.8 Å². The molecule has 5 unspecified atom stereocenters. The predicted molar refractivity (Wildman–Crippen MR) is 274 cm³/mol. The van der Waals surface area contributed by atoms with Gasteiger partial charge >= 0.3 is 0 Å². The highest BCUT2D eigenvalue weighted by Gasteiger charge is 2.44. The van der Waals surface area contributed by atoms with Crippen LogP contribution in [0.3, 0.4) is 0 Å². The summed E-state index contributed by atoms with van der Waals surface area (Å²) in [5.41, 5.74) is 5.38. The number of aryl methyl sites for hydroxylation is 1. The molecule has 69 heavy (non-hydrogen) atoms. The first kappa shape index (κ1) is 50.0. The predicted octanol–water partition coefficient (Wildman–Crippen LogP) is 8.00. The number of allylic oxidation sites excluding steroid dienone is 1. The summed E-state index contributed by atoms with van der Waals surface area (Å²) in [6.07, 6.45) is 8.20. The number of methoxy groups -OCH3 is 1. The number of aromatic hydroxyl groups is 2. The van der Waals surface area contributed by atoms with E-state index in [1.54, 1.807) is 50.7 Å². The van der Waals surface area contributed by atoms with Gasteiger partial charge in [-0.15, -0.1) is 0 Å². The van der Waals surface area contributed by atoms with E-state index >= 15 is 4.79 Å². The van der Waals surface area contributed by atoms with Crippen molar-refractivity contribution in [3.05, 3.63) is 160 Å². The number of hydrogen-bond acceptors (Lipinski definition) is 13. The number of phenols is 2. The maximum absolute atomic E-state index is 15.8. The van der Waals surface area contributed by atoms with Crippen molar-refractivity contribution < 1.29 is 44.5 Å². The molecule has 5 atom stereocenters. The van der Waals surface area contributed by atoms with Gasteiger partial charge in [-0.3, -0.25) is 10.1 Å². The van der Waals surface area contributed by atoms with Gasteiger partial charge in [-0.05, 0) is 114 Å². The summed E-state index contributed by atoms with van der Waals surface area (Å²) >= 11 is 0. The fourth-order valence-corrected chi connectivity index (χ4v) is 13.0. The largest absolute Gasteiger partial charge is 0.670 e. The number of nitrogens with one attached hydrogen (secondary N) is 2. The molecule has 1 aromatic heterocycles. The maximum atomic E-state index is 15.8. The maximum Gasteiger partial charge on any atom is 0.186 e. The molecule has 2 heterocycles. The topological polar surface area (TPSA) is 184 Å². The highest BCUT2D eigenvalue weighted by atomic mass is 33.1. The Morgan fingerprint density at radius 3 is 2.61 bits per heavy atom. The molecular weight excluding hydrogens is 911 g/mol. The minimum absolute atomic E-state index is 0.00352. The van der Waals surface area contributed by atoms with Crippen molar-refractivity contribution in [2.75, 3.05) is 40.0 Å². The normalized spacial score (nSPS) is 20.2. The summed E-state index contributed by atoms with van der Waals surface area (Å²) in [7, 11) is 6.40. The lowest BCUT2D eigenvalue weighted by atomic mass is 9.69. The number of β-amino-alcohol motifs (C(OH)–C–C–N with tert-alkyl or cyclic N) is 1. The van der Waals surface area contributed by atoms with Crippen LogP contribution < -0.4 is 29.8 Å². The highest BCUT2D eigenvalue weighted by molar-refractivity contribution is 8.76. The molecule has 14 heteroatoms. The van der Waals surface area contributed by atoms with Gasteiger partial charge in [0.15, 0.2) is 29.8 Å². The number of hydrogen-bond donors (Lipinski definition) is 7. The monoisotopic (exact) mass is 972 g/mol. The third-order valence-corrected chi connectivity index (χ3v) is 16.3. The zero-order valence-electron chi connectivity index (χ0n) is 39.5. The number of ether oxygens (including phenoxy) is 3. The molecule has 0 bridgehead atoms. The minimum atomic E-state index is -1.39. The average molecular weight is 973 g/mol. The number of aliphatic hydroxyl groups is 3. The molecule has 1 aliphatic heterocycles. The molecule has 0 amide bonds. The molecule has 1 aliphatic carbocycles. The molecule has 6 aromatic rings. The first-order valence-corrected chi connectivity index (χ1v) is 25.8. The molecule has 0 saturated carbocycles. The van der Waals surface area contributed by atoms with Crippen LogP contribution in [0.2, 0.25) is 0 Å². The SMILES string of the molecule is CCc1ccc2ccccc2c1Cc1c(CC(Cc2cc[n-]c2)C(O)CC(=O)C2(c3cc(O)cc(CNC)c3)C=CC3SSCC(C)(O)CNCOc4c(OCO)ccc(c43)C2)ccc(O)c1OC. The van der Waals surface area contributed by atoms with Gasteiger partial charge in [-0.25, -0.2) is 0 Å². The van der Waals surface area contributed by atoms with Gasteiger partial charge in [0, 0.05) is 42.8 Å². The van der Waals surface area contributed by atoms with Gasteiger partial charge in [0.05, 0.1) is 29.5 Å². The van der Waals surface area contributed by atoms with E-state index in [2.05, 4.69) is 46.8 Å². The van der Waals surface area contributed by atoms with Crippen molar-refractivity contribution in [3.63, 3.8) is 0 Å². The minimum Gasteiger partial charge on any atom is -0.670 e. The smallest absolute Gasteiger partial charge is 0.186 e. The second kappa shape index (κ2) is 22.1. The molecule has 2 aliphatic rings. The molecule has 7 N–H and O–H groups in total. The highest BCUT2D eigenvalue weighted by Crippen LogP contribution is 2.52. The van der Waals surface area contributed by atoms with E-state index in [-0.39, 0.29) is 43.4 Å². The summed E-state index contributed by atoms with van der Waals surface area (Å²) in [6.45, 7) is 4.08. The van der Waals surface area contributed by atoms with Crippen molar-refractivity contribution in [2.24, 2.45) is 5.92 Å². The van der Waals surface area contributed by atoms with E-state index in [1.165, 1.54) is 27.2 Å². The molecule has 0 spiro atoms. The summed E-state index contributed by atoms with van der Waals surface area (Å²) in [5, 5.41) is 64.6. The molecule has 5 aromatic carbocycles. The molecule has 0 fully saturated rings. The molecule has 0 radical (unpaired) electrons. The summed E-state index contributed by atoms with van der Waals surface area (Å²) in [6, 6.07) is 26.9. The number of carbonyl (C=O) groups excluding carboxylic acids is 1. The Hall–Kier alpha value is -5.45. The number of rotatable bonds is 17. The van der Waals surface area contributed by atoms with Crippen LogP contribution in [0, 0.1) is 5.92 Å². The van der Waals surface area contributed by atoms with Gasteiger partial charge in [0.2, 0.25) is 0 Å². The number of carbonyl (C=O) groups is 1. The van der Waals surface area contributed by atoms with Gasteiger partial charge in [0.1, 0.15) is 18.3 Å². The zero-order valence-corrected chi connectivity index (χ0v) is 41.2. The molecule has 12 nitrogen and oxygen atoms in total. The second-order valence-electron chi connectivity index (χ2n) is 18.4. The lowest BCUT2D eigenvalue weighted by Crippen LogP contribution is -2.41. The Balaban J connectivity index is 1.22. The summed E-state index contributed by atoms with van der Waals surface area (Å²) in [4.78, 5) is 20.1. The number of fused-ring (bicyclic) bond motifs is 1. The number of nitrogens with zero attached hydrogens (tertiary/aromatic N) is 1. The molecule has 8 rings (SSSR count). The van der Waals surface area contributed by atoms with Crippen LogP contribution in [0.15, 0.2) is 109 Å². The first-order valence-electron chi connectivity index (χ1n) is 23.4. The lowest BCUT2D eigenvalue weighted by Gasteiger charge is -2.33. The molecular formula is C55H62N3O9S2-.